The highest BCUT2D eigenvalue weighted by Crippen LogP contribution is 2.35. The van der Waals surface area contributed by atoms with Crippen molar-refractivity contribution >= 4 is 27.5 Å². The van der Waals surface area contributed by atoms with Gasteiger partial charge in [0.1, 0.15) is 5.75 Å². The summed E-state index contributed by atoms with van der Waals surface area (Å²) in [4.78, 5) is 4.27. The molecule has 1 aromatic carbocycles. The number of halogens is 2. The van der Waals surface area contributed by atoms with E-state index in [-0.39, 0.29) is 0 Å². The van der Waals surface area contributed by atoms with Crippen molar-refractivity contribution in [1.29, 1.82) is 0 Å². The molecule has 0 bridgehead atoms. The van der Waals surface area contributed by atoms with E-state index in [0.717, 1.165) is 31.9 Å². The smallest absolute Gasteiger partial charge is 0.233 e. The van der Waals surface area contributed by atoms with Gasteiger partial charge in [-0.15, -0.1) is 0 Å². The minimum absolute atomic E-state index is 0.347. The van der Waals surface area contributed by atoms with E-state index in [4.69, 9.17) is 16.3 Å². The van der Waals surface area contributed by atoms with Crippen LogP contribution < -0.4 is 4.74 Å². The fourth-order valence-corrected chi connectivity index (χ4v) is 2.66. The van der Waals surface area contributed by atoms with Crippen LogP contribution in [0.5, 0.6) is 11.6 Å². The number of aromatic nitrogens is 1. The number of nitrogens with zero attached hydrogens (tertiary/aromatic N) is 1. The van der Waals surface area contributed by atoms with E-state index >= 15 is 0 Å². The lowest BCUT2D eigenvalue weighted by atomic mass is 10.0. The minimum atomic E-state index is 0.347. The highest BCUT2D eigenvalue weighted by molar-refractivity contribution is 9.10. The molecule has 0 aliphatic heterocycles. The molecule has 0 atom stereocenters. The number of hydrogen-bond acceptors (Lipinski definition) is 2. The molecule has 0 aliphatic carbocycles. The molecule has 0 spiro atoms. The van der Waals surface area contributed by atoms with Crippen LogP contribution >= 0.6 is 27.5 Å². The van der Waals surface area contributed by atoms with Crippen molar-refractivity contribution in [1.82, 2.24) is 4.98 Å². The summed E-state index contributed by atoms with van der Waals surface area (Å²) >= 11 is 9.79. The molecule has 0 saturated heterocycles. The van der Waals surface area contributed by atoms with E-state index in [1.807, 2.05) is 32.0 Å². The number of benzene rings is 1. The molecule has 4 heteroatoms. The molecule has 0 N–H and O–H groups in total. The lowest BCUT2D eigenvalue weighted by Gasteiger charge is -2.15. The Hall–Kier alpha value is -1.06. The first-order valence-electron chi connectivity index (χ1n) is 6.49. The summed E-state index contributed by atoms with van der Waals surface area (Å²) < 4.78 is 6.83. The molecule has 1 heterocycles. The van der Waals surface area contributed by atoms with Crippen molar-refractivity contribution in [2.45, 2.75) is 33.6 Å². The Morgan fingerprint density at radius 2 is 1.90 bits per heavy atom. The summed E-state index contributed by atoms with van der Waals surface area (Å²) in [6.07, 6.45) is 1.74. The number of rotatable bonds is 3. The van der Waals surface area contributed by atoms with Crippen molar-refractivity contribution in [3.63, 3.8) is 0 Å². The van der Waals surface area contributed by atoms with Crippen molar-refractivity contribution in [3.05, 3.63) is 50.6 Å². The van der Waals surface area contributed by atoms with Gasteiger partial charge in [-0.3, -0.25) is 0 Å². The quantitative estimate of drug-likeness (QED) is 0.671. The fourth-order valence-electron chi connectivity index (χ4n) is 1.91. The van der Waals surface area contributed by atoms with E-state index in [0.29, 0.717) is 11.8 Å². The van der Waals surface area contributed by atoms with E-state index in [1.165, 1.54) is 0 Å². The van der Waals surface area contributed by atoms with Gasteiger partial charge in [0, 0.05) is 11.2 Å². The fraction of sp³-hybridized carbons (Fsp3) is 0.312. The monoisotopic (exact) mass is 353 g/mol. The topological polar surface area (TPSA) is 22.1 Å². The average molecular weight is 355 g/mol. The molecular weight excluding hydrogens is 338 g/mol. The summed E-state index contributed by atoms with van der Waals surface area (Å²) in [5.74, 6) is 1.71. The van der Waals surface area contributed by atoms with E-state index < -0.39 is 0 Å². The molecule has 0 radical (unpaired) electrons. The lowest BCUT2D eigenvalue weighted by molar-refractivity contribution is 0.454. The van der Waals surface area contributed by atoms with Gasteiger partial charge in [-0.05, 0) is 70.6 Å². The second kappa shape index (κ2) is 6.15. The second-order valence-corrected chi connectivity index (χ2v) is 6.34. The van der Waals surface area contributed by atoms with Crippen molar-refractivity contribution in [3.8, 4) is 11.6 Å². The number of ether oxygens (including phenoxy) is 1. The molecule has 20 heavy (non-hydrogen) atoms. The summed E-state index contributed by atoms with van der Waals surface area (Å²) in [5.41, 5.74) is 3.16. The van der Waals surface area contributed by atoms with Gasteiger partial charge in [0.15, 0.2) is 0 Å². The Morgan fingerprint density at radius 3 is 2.55 bits per heavy atom. The zero-order chi connectivity index (χ0) is 14.9. The van der Waals surface area contributed by atoms with Gasteiger partial charge in [0.25, 0.3) is 0 Å². The zero-order valence-electron chi connectivity index (χ0n) is 12.0. The Balaban J connectivity index is 2.43. The minimum Gasteiger partial charge on any atom is -0.438 e. The maximum Gasteiger partial charge on any atom is 0.233 e. The van der Waals surface area contributed by atoms with Crippen LogP contribution in [0.4, 0.5) is 0 Å². The van der Waals surface area contributed by atoms with Crippen molar-refractivity contribution < 1.29 is 4.74 Å². The third-order valence-electron chi connectivity index (χ3n) is 3.17. The van der Waals surface area contributed by atoms with Gasteiger partial charge in [-0.25, -0.2) is 4.98 Å². The number of pyridine rings is 1. The molecule has 0 saturated carbocycles. The van der Waals surface area contributed by atoms with Crippen LogP contribution in [0, 0.1) is 13.8 Å². The zero-order valence-corrected chi connectivity index (χ0v) is 14.3. The predicted molar refractivity (Wildman–Crippen MR) is 87.0 cm³/mol. The molecule has 2 aromatic rings. The highest BCUT2D eigenvalue weighted by atomic mass is 79.9. The third kappa shape index (κ3) is 3.15. The Kier molecular flexibility index (Phi) is 4.71. The largest absolute Gasteiger partial charge is 0.438 e. The molecule has 106 valence electrons. The van der Waals surface area contributed by atoms with E-state index in [2.05, 4.69) is 34.8 Å². The predicted octanol–water partition coefficient (Wildman–Crippen LogP) is 6.03. The summed E-state index contributed by atoms with van der Waals surface area (Å²) in [7, 11) is 0. The number of aryl methyl sites for hydroxylation is 2. The standard InChI is InChI=1S/C16H17BrClNO/c1-9(2)12-8-14(11(4)7-13(12)18)20-16-15(17)10(3)5-6-19-16/h5-9H,1-4H3. The van der Waals surface area contributed by atoms with Crippen LogP contribution in [0.25, 0.3) is 0 Å². The Bertz CT molecular complexity index is 641. The maximum absolute atomic E-state index is 6.28. The van der Waals surface area contributed by atoms with Gasteiger partial charge in [-0.1, -0.05) is 25.4 Å². The second-order valence-electron chi connectivity index (χ2n) is 5.14. The normalized spacial score (nSPS) is 10.9. The van der Waals surface area contributed by atoms with Crippen molar-refractivity contribution in [2.75, 3.05) is 0 Å². The molecule has 2 rings (SSSR count). The molecule has 0 amide bonds. The molecule has 2 nitrogen and oxygen atoms in total. The van der Waals surface area contributed by atoms with Crippen LogP contribution in [0.2, 0.25) is 5.02 Å². The van der Waals surface area contributed by atoms with Gasteiger partial charge in [-0.2, -0.15) is 0 Å². The van der Waals surface area contributed by atoms with E-state index in [1.54, 1.807) is 6.20 Å². The molecule has 0 fully saturated rings. The average Bonchev–Trinajstić information content (AvgIpc) is 2.37. The first-order valence-corrected chi connectivity index (χ1v) is 7.66. The SMILES string of the molecule is Cc1cc(Cl)c(C(C)C)cc1Oc1nccc(C)c1Br. The summed E-state index contributed by atoms with van der Waals surface area (Å²) in [5, 5.41) is 0.779. The summed E-state index contributed by atoms with van der Waals surface area (Å²) in [6.45, 7) is 8.21. The first-order chi connectivity index (χ1) is 9.40. The molecule has 1 aromatic heterocycles. The highest BCUT2D eigenvalue weighted by Gasteiger charge is 2.13. The van der Waals surface area contributed by atoms with Gasteiger partial charge in [0.2, 0.25) is 5.88 Å². The molecule has 0 aliphatic rings. The van der Waals surface area contributed by atoms with Crippen molar-refractivity contribution in [2.24, 2.45) is 0 Å². The van der Waals surface area contributed by atoms with Crippen LogP contribution in [-0.4, -0.2) is 4.98 Å². The maximum atomic E-state index is 6.28. The van der Waals surface area contributed by atoms with Gasteiger partial charge in [0.05, 0.1) is 4.47 Å². The molecule has 0 unspecified atom stereocenters. The summed E-state index contributed by atoms with van der Waals surface area (Å²) in [6, 6.07) is 5.87. The van der Waals surface area contributed by atoms with Crippen LogP contribution in [0.1, 0.15) is 36.5 Å². The van der Waals surface area contributed by atoms with Crippen LogP contribution in [-0.2, 0) is 0 Å². The Morgan fingerprint density at radius 1 is 1.20 bits per heavy atom. The third-order valence-corrected chi connectivity index (χ3v) is 4.47. The number of hydrogen-bond donors (Lipinski definition) is 0. The molecular formula is C16H17BrClNO. The van der Waals surface area contributed by atoms with Gasteiger partial charge >= 0.3 is 0 Å². The van der Waals surface area contributed by atoms with E-state index in [9.17, 15) is 0 Å². The van der Waals surface area contributed by atoms with Crippen LogP contribution in [0.15, 0.2) is 28.9 Å². The lowest BCUT2D eigenvalue weighted by Crippen LogP contribution is -1.96. The van der Waals surface area contributed by atoms with Crippen LogP contribution in [0.3, 0.4) is 0 Å². The Labute approximate surface area is 133 Å². The first kappa shape index (κ1) is 15.3. The van der Waals surface area contributed by atoms with Gasteiger partial charge < -0.3 is 4.74 Å².